The Labute approximate surface area is 325 Å². The molecular formula is C43H62N4O8. The fourth-order valence-corrected chi connectivity index (χ4v) is 6.88. The molecule has 0 spiro atoms. The van der Waals surface area contributed by atoms with Gasteiger partial charge in [-0.05, 0) is 59.4 Å². The number of aliphatic hydroxyl groups is 3. The number of hydrogen-bond donors (Lipinski definition) is 6. The van der Waals surface area contributed by atoms with Crippen molar-refractivity contribution in [1.82, 2.24) is 15.5 Å². The summed E-state index contributed by atoms with van der Waals surface area (Å²) in [5.41, 5.74) is 7.27. The molecule has 0 radical (unpaired) electrons. The summed E-state index contributed by atoms with van der Waals surface area (Å²) in [6.45, 7) is 9.53. The van der Waals surface area contributed by atoms with E-state index in [-0.39, 0.29) is 50.2 Å². The topological polar surface area (TPSA) is 192 Å². The number of hydrogen-bond acceptors (Lipinski definition) is 8. The van der Waals surface area contributed by atoms with Crippen LogP contribution in [0.2, 0.25) is 0 Å². The summed E-state index contributed by atoms with van der Waals surface area (Å²) in [4.78, 5) is 56.3. The van der Waals surface area contributed by atoms with Crippen LogP contribution in [-0.4, -0.2) is 87.5 Å². The van der Waals surface area contributed by atoms with Crippen LogP contribution in [0, 0.1) is 17.8 Å². The summed E-state index contributed by atoms with van der Waals surface area (Å²) in [5.74, 6) is -2.59. The van der Waals surface area contributed by atoms with E-state index in [4.69, 9.17) is 10.5 Å². The second-order valence-electron chi connectivity index (χ2n) is 15.4. The van der Waals surface area contributed by atoms with Gasteiger partial charge in [-0.1, -0.05) is 120 Å². The molecule has 6 atom stereocenters. The lowest BCUT2D eigenvalue weighted by Crippen LogP contribution is -2.58. The van der Waals surface area contributed by atoms with Crippen molar-refractivity contribution in [2.45, 2.75) is 117 Å². The molecule has 302 valence electrons. The third kappa shape index (κ3) is 14.6. The second-order valence-corrected chi connectivity index (χ2v) is 15.4. The Morgan fingerprint density at radius 2 is 1.49 bits per heavy atom. The van der Waals surface area contributed by atoms with Gasteiger partial charge in [0.25, 0.3) is 0 Å². The predicted molar refractivity (Wildman–Crippen MR) is 213 cm³/mol. The highest BCUT2D eigenvalue weighted by Gasteiger charge is 2.38. The number of ether oxygens (including phenoxy) is 1. The van der Waals surface area contributed by atoms with E-state index in [9.17, 15) is 34.5 Å². The van der Waals surface area contributed by atoms with E-state index in [0.717, 1.165) is 28.3 Å². The molecule has 0 aliphatic heterocycles. The molecule has 0 heterocycles. The number of benzene rings is 3. The smallest absolute Gasteiger partial charge is 0.408 e. The third-order valence-corrected chi connectivity index (χ3v) is 9.68. The lowest BCUT2D eigenvalue weighted by Gasteiger charge is -2.40. The fourth-order valence-electron chi connectivity index (χ4n) is 6.88. The van der Waals surface area contributed by atoms with Gasteiger partial charge in [0.2, 0.25) is 17.7 Å². The number of amides is 4. The zero-order valence-corrected chi connectivity index (χ0v) is 33.0. The van der Waals surface area contributed by atoms with Crippen LogP contribution < -0.4 is 16.4 Å². The zero-order chi connectivity index (χ0) is 40.5. The van der Waals surface area contributed by atoms with Gasteiger partial charge in [0.15, 0.2) is 0 Å². The van der Waals surface area contributed by atoms with Crippen LogP contribution in [0.15, 0.2) is 72.8 Å². The van der Waals surface area contributed by atoms with Gasteiger partial charge in [-0.2, -0.15) is 0 Å². The van der Waals surface area contributed by atoms with Crippen LogP contribution in [0.5, 0.6) is 0 Å². The first kappa shape index (κ1) is 44.9. The number of alkyl carbamates (subject to hydrolysis) is 1. The van der Waals surface area contributed by atoms with Crippen LogP contribution in [0.3, 0.4) is 0 Å². The molecule has 0 bridgehead atoms. The highest BCUT2D eigenvalue weighted by molar-refractivity contribution is 5.93. The fraction of sp³-hybridized carbons (Fsp3) is 0.535. The van der Waals surface area contributed by atoms with Gasteiger partial charge in [-0.15, -0.1) is 0 Å². The van der Waals surface area contributed by atoms with E-state index < -0.39 is 60.8 Å². The predicted octanol–water partition coefficient (Wildman–Crippen LogP) is 4.85. The highest BCUT2D eigenvalue weighted by atomic mass is 16.5. The molecule has 0 aliphatic carbocycles. The molecule has 3 rings (SSSR count). The van der Waals surface area contributed by atoms with Crippen LogP contribution >= 0.6 is 0 Å². The minimum atomic E-state index is -1.20. The van der Waals surface area contributed by atoms with E-state index in [2.05, 4.69) is 10.6 Å². The van der Waals surface area contributed by atoms with Crippen molar-refractivity contribution in [2.24, 2.45) is 23.5 Å². The van der Waals surface area contributed by atoms with Crippen molar-refractivity contribution < 1.29 is 39.2 Å². The third-order valence-electron chi connectivity index (χ3n) is 9.68. The monoisotopic (exact) mass is 762 g/mol. The number of nitrogens with two attached hydrogens (primary N) is 1. The Kier molecular flexibility index (Phi) is 18.6. The molecule has 3 aromatic carbocycles. The van der Waals surface area contributed by atoms with Gasteiger partial charge in [0.05, 0.1) is 24.9 Å². The number of fused-ring (bicyclic) bond motifs is 1. The van der Waals surface area contributed by atoms with E-state index in [1.54, 1.807) is 4.90 Å². The number of primary amides is 1. The number of nitrogens with zero attached hydrogens (tertiary/aromatic N) is 1. The molecule has 0 saturated heterocycles. The first-order valence-electron chi connectivity index (χ1n) is 19.5. The van der Waals surface area contributed by atoms with E-state index in [1.807, 2.05) is 107 Å². The largest absolute Gasteiger partial charge is 0.445 e. The summed E-state index contributed by atoms with van der Waals surface area (Å²) in [5, 5.41) is 38.8. The van der Waals surface area contributed by atoms with Gasteiger partial charge in [0, 0.05) is 18.9 Å². The summed E-state index contributed by atoms with van der Waals surface area (Å²) in [7, 11) is 0. The maximum absolute atomic E-state index is 14.8. The number of unbranched alkanes of at least 4 members (excludes halogenated alkanes) is 1. The first-order chi connectivity index (χ1) is 26.2. The van der Waals surface area contributed by atoms with Gasteiger partial charge >= 0.3 is 6.09 Å². The van der Waals surface area contributed by atoms with Gasteiger partial charge in [-0.3, -0.25) is 14.4 Å². The minimum Gasteiger partial charge on any atom is -0.445 e. The maximum Gasteiger partial charge on any atom is 0.408 e. The van der Waals surface area contributed by atoms with Gasteiger partial charge in [-0.25, -0.2) is 4.79 Å². The van der Waals surface area contributed by atoms with Gasteiger partial charge in [0.1, 0.15) is 18.7 Å². The Hall–Kier alpha value is -4.52. The van der Waals surface area contributed by atoms with Crippen LogP contribution in [-0.2, 0) is 32.1 Å². The molecule has 0 unspecified atom stereocenters. The summed E-state index contributed by atoms with van der Waals surface area (Å²) < 4.78 is 5.51. The molecule has 0 aliphatic rings. The van der Waals surface area contributed by atoms with Crippen LogP contribution in [0.25, 0.3) is 10.8 Å². The van der Waals surface area contributed by atoms with Crippen molar-refractivity contribution in [3.8, 4) is 0 Å². The summed E-state index contributed by atoms with van der Waals surface area (Å²) in [6.07, 6.45) is -1.24. The molecule has 4 amide bonds. The molecule has 0 aromatic heterocycles. The highest BCUT2D eigenvalue weighted by Crippen LogP contribution is 2.26. The van der Waals surface area contributed by atoms with Crippen LogP contribution in [0.4, 0.5) is 4.79 Å². The molecule has 55 heavy (non-hydrogen) atoms. The number of rotatable bonds is 23. The quantitative estimate of drug-likeness (QED) is 0.0790. The average Bonchev–Trinajstić information content (AvgIpc) is 3.16. The Balaban J connectivity index is 1.96. The molecule has 0 fully saturated rings. The Morgan fingerprint density at radius 1 is 0.818 bits per heavy atom. The molecule has 7 N–H and O–H groups in total. The zero-order valence-electron chi connectivity index (χ0n) is 33.0. The van der Waals surface area contributed by atoms with Crippen molar-refractivity contribution in [1.29, 1.82) is 0 Å². The first-order valence-corrected chi connectivity index (χ1v) is 19.5. The standard InChI is InChI=1S/C43H62N4O8/c1-6-7-20-36(42(53)47(25-29(4)5)38(21-28(2)3)39(50)24-33(40(44)51)22-34(49)26-48)45-41(52)37(46-43(54)55-27-30-14-9-8-10-15-30)23-32-18-13-17-31-16-11-12-19-35(31)32/h8-19,28-29,33-34,36-39,48-50H,6-7,20-27H2,1-5H3,(H2,44,51)(H,45,52)(H,46,54)/t33-,34+,36+,37+,38+,39+/m1/s1. The maximum atomic E-state index is 14.8. The lowest BCUT2D eigenvalue weighted by molar-refractivity contribution is -0.143. The summed E-state index contributed by atoms with van der Waals surface area (Å²) in [6, 6.07) is 19.9. The molecular weight excluding hydrogens is 700 g/mol. The molecule has 0 saturated carbocycles. The van der Waals surface area contributed by atoms with E-state index in [1.165, 1.54) is 0 Å². The lowest BCUT2D eigenvalue weighted by atomic mass is 9.87. The van der Waals surface area contributed by atoms with E-state index >= 15 is 0 Å². The van der Waals surface area contributed by atoms with E-state index in [0.29, 0.717) is 19.3 Å². The Morgan fingerprint density at radius 3 is 2.13 bits per heavy atom. The number of nitrogens with one attached hydrogen (secondary N) is 2. The Bertz CT molecular complexity index is 1650. The van der Waals surface area contributed by atoms with Crippen LogP contribution in [0.1, 0.15) is 84.3 Å². The molecule has 3 aromatic rings. The van der Waals surface area contributed by atoms with Gasteiger partial charge < -0.3 is 41.3 Å². The van der Waals surface area contributed by atoms with Crippen molar-refractivity contribution >= 4 is 34.6 Å². The number of carbonyl (C=O) groups is 4. The second kappa shape index (κ2) is 22.8. The summed E-state index contributed by atoms with van der Waals surface area (Å²) >= 11 is 0. The normalized spacial score (nSPS) is 14.8. The minimum absolute atomic E-state index is 0.00614. The van der Waals surface area contributed by atoms with Crippen molar-refractivity contribution in [2.75, 3.05) is 13.2 Å². The molecule has 12 nitrogen and oxygen atoms in total. The van der Waals surface area contributed by atoms with Crippen molar-refractivity contribution in [3.63, 3.8) is 0 Å². The molecule has 12 heteroatoms. The number of carbonyl (C=O) groups excluding carboxylic acids is 4. The number of aliphatic hydroxyl groups excluding tert-OH is 3. The SMILES string of the molecule is CCCC[C@H](NC(=O)[C@H](Cc1cccc2ccccc12)NC(=O)OCc1ccccc1)C(=O)N(CC(C)C)[C@@H](CC(C)C)[C@@H](O)C[C@@H](C[C@H](O)CO)C(N)=O. The average molecular weight is 763 g/mol. The van der Waals surface area contributed by atoms with Crippen molar-refractivity contribution in [3.05, 3.63) is 83.9 Å².